The number of phenolic OH excluding ortho intramolecular Hbond substituents is 1. The lowest BCUT2D eigenvalue weighted by Crippen LogP contribution is -2.20. The maximum atomic E-state index is 9.27. The molecule has 1 aliphatic carbocycles. The molecule has 0 saturated heterocycles. The maximum absolute atomic E-state index is 9.27. The van der Waals surface area contributed by atoms with E-state index in [4.69, 9.17) is 4.74 Å². The third-order valence-corrected chi connectivity index (χ3v) is 5.00. The van der Waals surface area contributed by atoms with E-state index in [0.29, 0.717) is 11.7 Å². The summed E-state index contributed by atoms with van der Waals surface area (Å²) >= 11 is 0. The molecule has 2 rings (SSSR count). The summed E-state index contributed by atoms with van der Waals surface area (Å²) in [6.07, 6.45) is 13.9. The van der Waals surface area contributed by atoms with Crippen molar-refractivity contribution in [1.82, 2.24) is 0 Å². The SMILES string of the molecule is CCCCCCCC1CCC(COc2ccc(O)cc2)CC1. The van der Waals surface area contributed by atoms with Gasteiger partial charge >= 0.3 is 0 Å². The second kappa shape index (κ2) is 9.76. The van der Waals surface area contributed by atoms with E-state index < -0.39 is 0 Å². The third-order valence-electron chi connectivity index (χ3n) is 5.00. The molecule has 1 fully saturated rings. The summed E-state index contributed by atoms with van der Waals surface area (Å²) in [5.74, 6) is 2.85. The van der Waals surface area contributed by atoms with Crippen LogP contribution in [0.15, 0.2) is 24.3 Å². The first kappa shape index (κ1) is 17.2. The summed E-state index contributed by atoms with van der Waals surface area (Å²) in [4.78, 5) is 0. The molecule has 1 aliphatic rings. The van der Waals surface area contributed by atoms with Gasteiger partial charge in [-0.3, -0.25) is 0 Å². The minimum Gasteiger partial charge on any atom is -0.508 e. The number of aromatic hydroxyl groups is 1. The third kappa shape index (κ3) is 6.29. The number of phenols is 1. The topological polar surface area (TPSA) is 29.5 Å². The molecule has 1 saturated carbocycles. The molecule has 0 aliphatic heterocycles. The van der Waals surface area contributed by atoms with E-state index in [9.17, 15) is 5.11 Å². The highest BCUT2D eigenvalue weighted by Crippen LogP contribution is 2.32. The van der Waals surface area contributed by atoms with Crippen LogP contribution in [-0.2, 0) is 0 Å². The molecular formula is C20H32O2. The molecule has 0 bridgehead atoms. The van der Waals surface area contributed by atoms with Gasteiger partial charge in [-0.25, -0.2) is 0 Å². The fraction of sp³-hybridized carbons (Fsp3) is 0.700. The Balaban J connectivity index is 1.56. The number of hydrogen-bond donors (Lipinski definition) is 1. The van der Waals surface area contributed by atoms with Gasteiger partial charge in [0.2, 0.25) is 0 Å². The van der Waals surface area contributed by atoms with Crippen molar-refractivity contribution in [2.45, 2.75) is 71.1 Å². The highest BCUT2D eigenvalue weighted by molar-refractivity contribution is 5.30. The predicted molar refractivity (Wildman–Crippen MR) is 92.4 cm³/mol. The lowest BCUT2D eigenvalue weighted by molar-refractivity contribution is 0.177. The Bertz CT molecular complexity index is 391. The molecule has 0 spiro atoms. The van der Waals surface area contributed by atoms with Crippen LogP contribution in [0.25, 0.3) is 0 Å². The van der Waals surface area contributed by atoms with E-state index in [1.54, 1.807) is 12.1 Å². The van der Waals surface area contributed by atoms with Crippen LogP contribution in [0.3, 0.4) is 0 Å². The van der Waals surface area contributed by atoms with Crippen LogP contribution in [-0.4, -0.2) is 11.7 Å². The van der Waals surface area contributed by atoms with E-state index in [-0.39, 0.29) is 0 Å². The zero-order chi connectivity index (χ0) is 15.6. The van der Waals surface area contributed by atoms with Gasteiger partial charge in [0.15, 0.2) is 0 Å². The average Bonchev–Trinajstić information content (AvgIpc) is 2.55. The zero-order valence-electron chi connectivity index (χ0n) is 14.1. The molecular weight excluding hydrogens is 272 g/mol. The van der Waals surface area contributed by atoms with Crippen molar-refractivity contribution in [1.29, 1.82) is 0 Å². The molecule has 0 atom stereocenters. The molecule has 1 aromatic rings. The average molecular weight is 304 g/mol. The fourth-order valence-electron chi connectivity index (χ4n) is 3.48. The van der Waals surface area contributed by atoms with Gasteiger partial charge in [0.05, 0.1) is 6.61 Å². The van der Waals surface area contributed by atoms with Crippen LogP contribution in [0.4, 0.5) is 0 Å². The molecule has 2 nitrogen and oxygen atoms in total. The number of rotatable bonds is 9. The molecule has 0 heterocycles. The Hall–Kier alpha value is -1.18. The van der Waals surface area contributed by atoms with Gasteiger partial charge in [-0.15, -0.1) is 0 Å². The van der Waals surface area contributed by atoms with Gasteiger partial charge in [-0.05, 0) is 48.9 Å². The van der Waals surface area contributed by atoms with E-state index in [0.717, 1.165) is 18.3 Å². The van der Waals surface area contributed by atoms with E-state index in [2.05, 4.69) is 6.92 Å². The van der Waals surface area contributed by atoms with Crippen LogP contribution >= 0.6 is 0 Å². The van der Waals surface area contributed by atoms with Crippen LogP contribution in [0.1, 0.15) is 71.1 Å². The smallest absolute Gasteiger partial charge is 0.119 e. The van der Waals surface area contributed by atoms with Gasteiger partial charge in [-0.2, -0.15) is 0 Å². The van der Waals surface area contributed by atoms with Crippen molar-refractivity contribution in [3.8, 4) is 11.5 Å². The highest BCUT2D eigenvalue weighted by atomic mass is 16.5. The summed E-state index contributed by atoms with van der Waals surface area (Å²) in [7, 11) is 0. The summed E-state index contributed by atoms with van der Waals surface area (Å²) in [5, 5.41) is 9.27. The molecule has 0 radical (unpaired) electrons. The van der Waals surface area contributed by atoms with Crippen molar-refractivity contribution in [2.75, 3.05) is 6.61 Å². The Kier molecular flexibility index (Phi) is 7.62. The summed E-state index contributed by atoms with van der Waals surface area (Å²) in [5.41, 5.74) is 0. The highest BCUT2D eigenvalue weighted by Gasteiger charge is 2.21. The molecule has 0 unspecified atom stereocenters. The minimum atomic E-state index is 0.298. The van der Waals surface area contributed by atoms with Gasteiger partial charge in [-0.1, -0.05) is 58.3 Å². The largest absolute Gasteiger partial charge is 0.508 e. The fourth-order valence-corrected chi connectivity index (χ4v) is 3.48. The molecule has 0 amide bonds. The van der Waals surface area contributed by atoms with Crippen molar-refractivity contribution >= 4 is 0 Å². The van der Waals surface area contributed by atoms with Gasteiger partial charge in [0.25, 0.3) is 0 Å². The predicted octanol–water partition coefficient (Wildman–Crippen LogP) is 5.94. The van der Waals surface area contributed by atoms with Crippen molar-refractivity contribution in [2.24, 2.45) is 11.8 Å². The summed E-state index contributed by atoms with van der Waals surface area (Å²) in [6.45, 7) is 3.11. The Morgan fingerprint density at radius 2 is 1.55 bits per heavy atom. The molecule has 22 heavy (non-hydrogen) atoms. The maximum Gasteiger partial charge on any atom is 0.119 e. The van der Waals surface area contributed by atoms with Crippen molar-refractivity contribution in [3.63, 3.8) is 0 Å². The summed E-state index contributed by atoms with van der Waals surface area (Å²) in [6, 6.07) is 7.06. The first-order chi connectivity index (χ1) is 10.8. The second-order valence-electron chi connectivity index (χ2n) is 6.89. The molecule has 0 aromatic heterocycles. The molecule has 1 aromatic carbocycles. The number of unbranched alkanes of at least 4 members (excludes halogenated alkanes) is 4. The minimum absolute atomic E-state index is 0.298. The monoisotopic (exact) mass is 304 g/mol. The van der Waals surface area contributed by atoms with E-state index in [1.807, 2.05) is 12.1 Å². The molecule has 2 heteroatoms. The zero-order valence-corrected chi connectivity index (χ0v) is 14.1. The number of ether oxygens (including phenoxy) is 1. The molecule has 124 valence electrons. The van der Waals surface area contributed by atoms with Crippen LogP contribution in [0.5, 0.6) is 11.5 Å². The lowest BCUT2D eigenvalue weighted by Gasteiger charge is -2.28. The Morgan fingerprint density at radius 3 is 2.23 bits per heavy atom. The normalized spacial score (nSPS) is 21.7. The Morgan fingerprint density at radius 1 is 0.909 bits per heavy atom. The van der Waals surface area contributed by atoms with Gasteiger partial charge in [0, 0.05) is 0 Å². The van der Waals surface area contributed by atoms with Crippen LogP contribution in [0, 0.1) is 11.8 Å². The van der Waals surface area contributed by atoms with E-state index >= 15 is 0 Å². The van der Waals surface area contributed by atoms with Crippen molar-refractivity contribution in [3.05, 3.63) is 24.3 Å². The first-order valence-electron chi connectivity index (χ1n) is 9.19. The van der Waals surface area contributed by atoms with E-state index in [1.165, 1.54) is 64.2 Å². The van der Waals surface area contributed by atoms with Crippen molar-refractivity contribution < 1.29 is 9.84 Å². The quantitative estimate of drug-likeness (QED) is 0.572. The Labute approximate surface area is 135 Å². The van der Waals surface area contributed by atoms with Gasteiger partial charge < -0.3 is 9.84 Å². The second-order valence-corrected chi connectivity index (χ2v) is 6.89. The molecule has 1 N–H and O–H groups in total. The number of hydrogen-bond acceptors (Lipinski definition) is 2. The standard InChI is InChI=1S/C20H32O2/c1-2-3-4-5-6-7-17-8-10-18(11-9-17)16-22-20-14-12-19(21)13-15-20/h12-15,17-18,21H,2-11,16H2,1H3. The summed E-state index contributed by atoms with van der Waals surface area (Å²) < 4.78 is 5.85. The van der Waals surface area contributed by atoms with Crippen LogP contribution in [0.2, 0.25) is 0 Å². The number of benzene rings is 1. The van der Waals surface area contributed by atoms with Gasteiger partial charge in [0.1, 0.15) is 11.5 Å². The first-order valence-corrected chi connectivity index (χ1v) is 9.19. The lowest BCUT2D eigenvalue weighted by atomic mass is 9.80. The van der Waals surface area contributed by atoms with Crippen LogP contribution < -0.4 is 4.74 Å².